The van der Waals surface area contributed by atoms with Gasteiger partial charge in [-0.15, -0.1) is 0 Å². The van der Waals surface area contributed by atoms with E-state index in [2.05, 4.69) is 10.2 Å². The molecule has 0 fully saturated rings. The predicted molar refractivity (Wildman–Crippen MR) is 71.4 cm³/mol. The minimum Gasteiger partial charge on any atom is -0.444 e. The number of anilines is 1. The molecule has 1 N–H and O–H groups in total. The highest BCUT2D eigenvalue weighted by atomic mass is 19.1. The second-order valence-corrected chi connectivity index (χ2v) is 5.06. The van der Waals surface area contributed by atoms with Crippen LogP contribution in [0.5, 0.6) is 0 Å². The number of nitrogens with zero attached hydrogens (tertiary/aromatic N) is 1. The predicted octanol–water partition coefficient (Wildman–Crippen LogP) is 3.63. The molecular formula is C14H17FN2O2. The summed E-state index contributed by atoms with van der Waals surface area (Å²) < 4.78 is 18.3. The van der Waals surface area contributed by atoms with Crippen LogP contribution in [0.3, 0.4) is 0 Å². The Hall–Kier alpha value is -2.09. The smallest absolute Gasteiger partial charge is 0.412 e. The number of benzene rings is 1. The van der Waals surface area contributed by atoms with E-state index in [-0.39, 0.29) is 6.54 Å². The van der Waals surface area contributed by atoms with E-state index < -0.39 is 17.5 Å². The van der Waals surface area contributed by atoms with Crippen LogP contribution in [0.1, 0.15) is 26.3 Å². The number of nitrogens with one attached hydrogen (secondary N) is 1. The van der Waals surface area contributed by atoms with Crippen LogP contribution in [0.25, 0.3) is 4.85 Å². The van der Waals surface area contributed by atoms with Crippen molar-refractivity contribution < 1.29 is 13.9 Å². The lowest BCUT2D eigenvalue weighted by Gasteiger charge is -2.20. The van der Waals surface area contributed by atoms with Crippen LogP contribution < -0.4 is 5.32 Å². The van der Waals surface area contributed by atoms with Gasteiger partial charge in [-0.25, -0.2) is 15.8 Å². The molecule has 0 aliphatic heterocycles. The zero-order valence-electron chi connectivity index (χ0n) is 11.3. The molecule has 0 radical (unpaired) electrons. The van der Waals surface area contributed by atoms with Gasteiger partial charge in [-0.2, -0.15) is 0 Å². The summed E-state index contributed by atoms with van der Waals surface area (Å²) >= 11 is 0. The lowest BCUT2D eigenvalue weighted by Crippen LogP contribution is -2.27. The molecule has 0 atom stereocenters. The van der Waals surface area contributed by atoms with Gasteiger partial charge >= 0.3 is 6.09 Å². The topological polar surface area (TPSA) is 42.7 Å². The van der Waals surface area contributed by atoms with Crippen LogP contribution in [0, 0.1) is 12.4 Å². The molecule has 19 heavy (non-hydrogen) atoms. The van der Waals surface area contributed by atoms with Gasteiger partial charge in [0.05, 0.1) is 0 Å². The van der Waals surface area contributed by atoms with Crippen LogP contribution in [0.15, 0.2) is 18.2 Å². The number of hydrogen-bond acceptors (Lipinski definition) is 2. The van der Waals surface area contributed by atoms with Gasteiger partial charge in [0.1, 0.15) is 11.4 Å². The fourth-order valence-electron chi connectivity index (χ4n) is 1.48. The van der Waals surface area contributed by atoms with E-state index in [4.69, 9.17) is 11.3 Å². The average Bonchev–Trinajstić information content (AvgIpc) is 2.27. The number of amides is 1. The lowest BCUT2D eigenvalue weighted by atomic mass is 10.1. The first-order valence-corrected chi connectivity index (χ1v) is 5.93. The van der Waals surface area contributed by atoms with E-state index in [9.17, 15) is 9.18 Å². The first-order valence-electron chi connectivity index (χ1n) is 5.93. The van der Waals surface area contributed by atoms with Crippen molar-refractivity contribution in [1.29, 1.82) is 0 Å². The summed E-state index contributed by atoms with van der Waals surface area (Å²) in [5.74, 6) is -0.394. The number of halogens is 1. The van der Waals surface area contributed by atoms with Gasteiger partial charge in [-0.3, -0.25) is 5.32 Å². The summed E-state index contributed by atoms with van der Waals surface area (Å²) in [4.78, 5) is 14.9. The molecule has 0 aromatic heterocycles. The van der Waals surface area contributed by atoms with E-state index in [1.807, 2.05) is 0 Å². The molecule has 1 aromatic carbocycles. The molecule has 0 heterocycles. The standard InChI is InChI=1S/C14H17FN2O2/c1-14(2,3)19-13(18)17-12-6-5-11(15)9-10(12)7-8-16-4/h5-6,9H,7-8H2,1-3H3,(H,17,18). The number of hydrogen-bond donors (Lipinski definition) is 1. The third kappa shape index (κ3) is 5.38. The molecule has 0 saturated heterocycles. The van der Waals surface area contributed by atoms with E-state index in [1.165, 1.54) is 18.2 Å². The van der Waals surface area contributed by atoms with Crippen LogP contribution in [-0.2, 0) is 11.2 Å². The second kappa shape index (κ2) is 6.19. The number of ether oxygens (including phenoxy) is 1. The Labute approximate surface area is 112 Å². The molecule has 5 heteroatoms. The average molecular weight is 264 g/mol. The maximum atomic E-state index is 13.2. The van der Waals surface area contributed by atoms with E-state index >= 15 is 0 Å². The zero-order chi connectivity index (χ0) is 14.5. The third-order valence-corrected chi connectivity index (χ3v) is 2.20. The van der Waals surface area contributed by atoms with Crippen molar-refractivity contribution in [3.05, 3.63) is 41.0 Å². The van der Waals surface area contributed by atoms with Gasteiger partial charge < -0.3 is 9.58 Å². The van der Waals surface area contributed by atoms with Crippen LogP contribution >= 0.6 is 0 Å². The number of rotatable bonds is 3. The SMILES string of the molecule is [C-]#[N+]CCc1cc(F)ccc1NC(=O)OC(C)(C)C. The monoisotopic (exact) mass is 264 g/mol. The molecule has 0 saturated carbocycles. The van der Waals surface area contributed by atoms with Gasteiger partial charge in [0.15, 0.2) is 0 Å². The molecule has 0 aliphatic rings. The molecule has 102 valence electrons. The van der Waals surface area contributed by atoms with Crippen LogP contribution in [-0.4, -0.2) is 18.2 Å². The van der Waals surface area contributed by atoms with Gasteiger partial charge in [0, 0.05) is 12.1 Å². The molecule has 4 nitrogen and oxygen atoms in total. The largest absolute Gasteiger partial charge is 0.444 e. The lowest BCUT2D eigenvalue weighted by molar-refractivity contribution is 0.0636. The molecular weight excluding hydrogens is 247 g/mol. The molecule has 0 spiro atoms. The maximum absolute atomic E-state index is 13.2. The molecule has 1 rings (SSSR count). The zero-order valence-corrected chi connectivity index (χ0v) is 11.3. The molecule has 1 amide bonds. The van der Waals surface area contributed by atoms with Crippen molar-refractivity contribution in [2.75, 3.05) is 11.9 Å². The van der Waals surface area contributed by atoms with Crippen LogP contribution in [0.2, 0.25) is 0 Å². The highest BCUT2D eigenvalue weighted by Gasteiger charge is 2.17. The Morgan fingerprint density at radius 2 is 2.16 bits per heavy atom. The molecule has 0 unspecified atom stereocenters. The van der Waals surface area contributed by atoms with Crippen molar-refractivity contribution in [1.82, 2.24) is 0 Å². The first-order chi connectivity index (χ1) is 8.81. The highest BCUT2D eigenvalue weighted by Crippen LogP contribution is 2.19. The van der Waals surface area contributed by atoms with Crippen molar-refractivity contribution in [3.8, 4) is 0 Å². The van der Waals surface area contributed by atoms with Gasteiger partial charge in [0.25, 0.3) is 0 Å². The second-order valence-electron chi connectivity index (χ2n) is 5.06. The summed E-state index contributed by atoms with van der Waals surface area (Å²) in [5, 5.41) is 2.57. The summed E-state index contributed by atoms with van der Waals surface area (Å²) in [6.07, 6.45) is -0.213. The minimum absolute atomic E-state index is 0.243. The number of carbonyl (C=O) groups excluding carboxylic acids is 1. The fourth-order valence-corrected chi connectivity index (χ4v) is 1.48. The Kier molecular flexibility index (Phi) is 4.87. The first kappa shape index (κ1) is 15.0. The van der Waals surface area contributed by atoms with Crippen LogP contribution in [0.4, 0.5) is 14.9 Å². The van der Waals surface area contributed by atoms with Crippen molar-refractivity contribution in [2.45, 2.75) is 32.8 Å². The molecule has 1 aromatic rings. The highest BCUT2D eigenvalue weighted by molar-refractivity contribution is 5.85. The minimum atomic E-state index is -0.596. The summed E-state index contributed by atoms with van der Waals surface area (Å²) in [5.41, 5.74) is 0.460. The summed E-state index contributed by atoms with van der Waals surface area (Å²) in [7, 11) is 0. The number of carbonyl (C=O) groups is 1. The normalized spacial score (nSPS) is 10.7. The van der Waals surface area contributed by atoms with Crippen molar-refractivity contribution >= 4 is 11.8 Å². The summed E-state index contributed by atoms with van der Waals surface area (Å²) in [6, 6.07) is 4.05. The maximum Gasteiger partial charge on any atom is 0.412 e. The Morgan fingerprint density at radius 1 is 1.47 bits per heavy atom. The Balaban J connectivity index is 2.82. The molecule has 0 aliphatic carbocycles. The van der Waals surface area contributed by atoms with Gasteiger partial charge in [-0.1, -0.05) is 0 Å². The fraction of sp³-hybridized carbons (Fsp3) is 0.429. The summed E-state index contributed by atoms with van der Waals surface area (Å²) in [6.45, 7) is 12.3. The van der Waals surface area contributed by atoms with Gasteiger partial charge in [0.2, 0.25) is 6.54 Å². The van der Waals surface area contributed by atoms with E-state index in [0.717, 1.165) is 0 Å². The van der Waals surface area contributed by atoms with E-state index in [1.54, 1.807) is 20.8 Å². The molecule has 0 bridgehead atoms. The Morgan fingerprint density at radius 3 is 2.74 bits per heavy atom. The van der Waals surface area contributed by atoms with E-state index in [0.29, 0.717) is 17.7 Å². The quantitative estimate of drug-likeness (QED) is 0.847. The van der Waals surface area contributed by atoms with Gasteiger partial charge in [-0.05, 0) is 44.5 Å². The third-order valence-electron chi connectivity index (χ3n) is 2.20. The Bertz CT molecular complexity index is 501. The van der Waals surface area contributed by atoms with Crippen molar-refractivity contribution in [3.63, 3.8) is 0 Å². The van der Waals surface area contributed by atoms with Crippen molar-refractivity contribution in [2.24, 2.45) is 0 Å².